The number of benzene rings is 1. The van der Waals surface area contributed by atoms with E-state index >= 15 is 0 Å². The normalized spacial score (nSPS) is 11.9. The Morgan fingerprint density at radius 3 is 2.58 bits per heavy atom. The molecule has 1 atom stereocenters. The molecule has 0 saturated carbocycles. The van der Waals surface area contributed by atoms with E-state index in [1.165, 1.54) is 5.56 Å². The number of nitrogens with one attached hydrogen (secondary N) is 1. The molecule has 100 valence electrons. The molecule has 3 nitrogen and oxygen atoms in total. The summed E-state index contributed by atoms with van der Waals surface area (Å²) < 4.78 is 5.70. The second-order valence-corrected chi connectivity index (χ2v) is 4.97. The molecule has 4 heteroatoms. The average Bonchev–Trinajstić information content (AvgIpc) is 2.41. The maximum absolute atomic E-state index is 5.79. The van der Waals surface area contributed by atoms with E-state index in [-0.39, 0.29) is 6.04 Å². The highest BCUT2D eigenvalue weighted by molar-refractivity contribution is 6.30. The van der Waals surface area contributed by atoms with Gasteiger partial charge in [-0.15, -0.1) is 0 Å². The first-order chi connectivity index (χ1) is 9.13. The van der Waals surface area contributed by atoms with Gasteiger partial charge in [0.15, 0.2) is 0 Å². The number of halogens is 1. The molecule has 19 heavy (non-hydrogen) atoms. The lowest BCUT2D eigenvalue weighted by Crippen LogP contribution is -2.23. The Balaban J connectivity index is 1.82. The number of nitrogens with zero attached hydrogens (tertiary/aromatic N) is 1. The van der Waals surface area contributed by atoms with Crippen LogP contribution in [0.1, 0.15) is 12.5 Å². The molecule has 1 aromatic carbocycles. The first kappa shape index (κ1) is 13.7. The smallest absolute Gasteiger partial charge is 0.126 e. The molecule has 0 aliphatic heterocycles. The molecule has 1 heterocycles. The number of hydrogen-bond acceptors (Lipinski definition) is 3. The van der Waals surface area contributed by atoms with Crippen LogP contribution in [-0.4, -0.2) is 17.6 Å². The third kappa shape index (κ3) is 4.45. The molecular weight excluding hydrogens is 260 g/mol. The fraction of sp³-hybridized carbons (Fsp3) is 0.267. The Morgan fingerprint density at radius 2 is 1.95 bits per heavy atom. The zero-order chi connectivity index (χ0) is 13.7. The van der Waals surface area contributed by atoms with Crippen molar-refractivity contribution in [1.29, 1.82) is 0 Å². The zero-order valence-corrected chi connectivity index (χ0v) is 11.8. The number of rotatable bonds is 5. The van der Waals surface area contributed by atoms with Gasteiger partial charge in [0.2, 0.25) is 0 Å². The molecule has 0 aliphatic carbocycles. The second-order valence-electron chi connectivity index (χ2n) is 4.53. The molecule has 0 bridgehead atoms. The Hall–Kier alpha value is -1.74. The van der Waals surface area contributed by atoms with Crippen LogP contribution in [0.4, 0.5) is 5.82 Å². The molecule has 0 aliphatic rings. The number of ether oxygens (including phenoxy) is 1. The molecule has 1 N–H and O–H groups in total. The summed E-state index contributed by atoms with van der Waals surface area (Å²) in [5.74, 6) is 1.67. The first-order valence-electron chi connectivity index (χ1n) is 6.21. The molecule has 0 radical (unpaired) electrons. The fourth-order valence-corrected chi connectivity index (χ4v) is 1.72. The van der Waals surface area contributed by atoms with Crippen molar-refractivity contribution >= 4 is 17.4 Å². The minimum atomic E-state index is 0.162. The standard InChI is InChI=1S/C15H17ClN2O/c1-11-3-6-14(7-4-11)19-10-12(2)18-15-8-5-13(16)9-17-15/h3-9,12H,10H2,1-2H3,(H,17,18). The zero-order valence-electron chi connectivity index (χ0n) is 11.1. The summed E-state index contributed by atoms with van der Waals surface area (Å²) in [5.41, 5.74) is 1.23. The van der Waals surface area contributed by atoms with Gasteiger partial charge in [-0.05, 0) is 38.1 Å². The van der Waals surface area contributed by atoms with Gasteiger partial charge in [0.1, 0.15) is 18.2 Å². The van der Waals surface area contributed by atoms with Gasteiger partial charge < -0.3 is 10.1 Å². The third-order valence-corrected chi connectivity index (χ3v) is 2.87. The van der Waals surface area contributed by atoms with Gasteiger partial charge in [-0.2, -0.15) is 0 Å². The topological polar surface area (TPSA) is 34.1 Å². The van der Waals surface area contributed by atoms with Crippen LogP contribution < -0.4 is 10.1 Å². The van der Waals surface area contributed by atoms with E-state index in [0.29, 0.717) is 11.6 Å². The maximum Gasteiger partial charge on any atom is 0.126 e. The lowest BCUT2D eigenvalue weighted by atomic mass is 10.2. The van der Waals surface area contributed by atoms with Crippen LogP contribution in [0.25, 0.3) is 0 Å². The number of hydrogen-bond donors (Lipinski definition) is 1. The van der Waals surface area contributed by atoms with Gasteiger partial charge in [-0.1, -0.05) is 29.3 Å². The molecule has 0 amide bonds. The van der Waals surface area contributed by atoms with Crippen LogP contribution in [0.5, 0.6) is 5.75 Å². The lowest BCUT2D eigenvalue weighted by Gasteiger charge is -2.15. The Bertz CT molecular complexity index is 511. The summed E-state index contributed by atoms with van der Waals surface area (Å²) in [5, 5.41) is 3.89. The summed E-state index contributed by atoms with van der Waals surface area (Å²) in [6.07, 6.45) is 1.62. The Morgan fingerprint density at radius 1 is 1.21 bits per heavy atom. The van der Waals surface area contributed by atoms with Crippen LogP contribution in [-0.2, 0) is 0 Å². The van der Waals surface area contributed by atoms with Gasteiger partial charge in [0, 0.05) is 6.20 Å². The SMILES string of the molecule is Cc1ccc(OCC(C)Nc2ccc(Cl)cn2)cc1. The Kier molecular flexibility index (Phi) is 4.63. The van der Waals surface area contributed by atoms with Gasteiger partial charge >= 0.3 is 0 Å². The highest BCUT2D eigenvalue weighted by atomic mass is 35.5. The van der Waals surface area contributed by atoms with E-state index in [9.17, 15) is 0 Å². The van der Waals surface area contributed by atoms with Crippen LogP contribution in [0, 0.1) is 6.92 Å². The van der Waals surface area contributed by atoms with Crippen molar-refractivity contribution in [3.8, 4) is 5.75 Å². The predicted molar refractivity (Wildman–Crippen MR) is 79.0 cm³/mol. The summed E-state index contributed by atoms with van der Waals surface area (Å²) in [6, 6.07) is 11.8. The molecule has 0 saturated heterocycles. The highest BCUT2D eigenvalue weighted by Gasteiger charge is 2.04. The van der Waals surface area contributed by atoms with Crippen LogP contribution in [0.2, 0.25) is 5.02 Å². The number of pyridine rings is 1. The van der Waals surface area contributed by atoms with E-state index in [4.69, 9.17) is 16.3 Å². The van der Waals surface area contributed by atoms with Crippen LogP contribution in [0.15, 0.2) is 42.6 Å². The van der Waals surface area contributed by atoms with Crippen molar-refractivity contribution in [3.63, 3.8) is 0 Å². The summed E-state index contributed by atoms with van der Waals surface area (Å²) in [7, 11) is 0. The number of aryl methyl sites for hydroxylation is 1. The summed E-state index contributed by atoms with van der Waals surface area (Å²) in [6.45, 7) is 4.68. The van der Waals surface area contributed by atoms with Crippen molar-refractivity contribution in [3.05, 3.63) is 53.2 Å². The minimum Gasteiger partial charge on any atom is -0.491 e. The van der Waals surface area contributed by atoms with Gasteiger partial charge in [0.25, 0.3) is 0 Å². The van der Waals surface area contributed by atoms with E-state index in [1.54, 1.807) is 6.20 Å². The van der Waals surface area contributed by atoms with E-state index in [2.05, 4.69) is 17.2 Å². The van der Waals surface area contributed by atoms with Crippen molar-refractivity contribution in [1.82, 2.24) is 4.98 Å². The monoisotopic (exact) mass is 276 g/mol. The van der Waals surface area contributed by atoms with E-state index < -0.39 is 0 Å². The quantitative estimate of drug-likeness (QED) is 0.899. The lowest BCUT2D eigenvalue weighted by molar-refractivity contribution is 0.303. The Labute approximate surface area is 118 Å². The van der Waals surface area contributed by atoms with Crippen LogP contribution >= 0.6 is 11.6 Å². The van der Waals surface area contributed by atoms with Crippen LogP contribution in [0.3, 0.4) is 0 Å². The van der Waals surface area contributed by atoms with E-state index in [0.717, 1.165) is 11.6 Å². The van der Waals surface area contributed by atoms with Gasteiger partial charge in [-0.25, -0.2) is 4.98 Å². The summed E-state index contributed by atoms with van der Waals surface area (Å²) >= 11 is 5.79. The second kappa shape index (κ2) is 6.43. The summed E-state index contributed by atoms with van der Waals surface area (Å²) in [4.78, 5) is 4.19. The largest absolute Gasteiger partial charge is 0.491 e. The molecule has 0 fully saturated rings. The fourth-order valence-electron chi connectivity index (χ4n) is 1.61. The first-order valence-corrected chi connectivity index (χ1v) is 6.59. The number of aromatic nitrogens is 1. The highest BCUT2D eigenvalue weighted by Crippen LogP contribution is 2.13. The predicted octanol–water partition coefficient (Wildman–Crippen LogP) is 3.92. The maximum atomic E-state index is 5.79. The molecule has 2 aromatic rings. The minimum absolute atomic E-state index is 0.162. The van der Waals surface area contributed by atoms with Gasteiger partial charge in [-0.3, -0.25) is 0 Å². The van der Waals surface area contributed by atoms with Crippen molar-refractivity contribution < 1.29 is 4.74 Å². The van der Waals surface area contributed by atoms with E-state index in [1.807, 2.05) is 43.3 Å². The molecule has 1 unspecified atom stereocenters. The third-order valence-electron chi connectivity index (χ3n) is 2.64. The van der Waals surface area contributed by atoms with Crippen molar-refractivity contribution in [2.75, 3.05) is 11.9 Å². The molecular formula is C15H17ClN2O. The van der Waals surface area contributed by atoms with Gasteiger partial charge in [0.05, 0.1) is 11.1 Å². The number of anilines is 1. The van der Waals surface area contributed by atoms with Crippen molar-refractivity contribution in [2.45, 2.75) is 19.9 Å². The molecule has 1 aromatic heterocycles. The average molecular weight is 277 g/mol. The van der Waals surface area contributed by atoms with Crippen molar-refractivity contribution in [2.24, 2.45) is 0 Å². The molecule has 0 spiro atoms. The molecule has 2 rings (SSSR count).